The third kappa shape index (κ3) is 2.25. The van der Waals surface area contributed by atoms with Crippen LogP contribution in [0.2, 0.25) is 5.02 Å². The van der Waals surface area contributed by atoms with E-state index in [0.717, 1.165) is 11.8 Å². The summed E-state index contributed by atoms with van der Waals surface area (Å²) in [5.41, 5.74) is -0.435. The van der Waals surface area contributed by atoms with Crippen LogP contribution in [0.1, 0.15) is 0 Å². The van der Waals surface area contributed by atoms with Gasteiger partial charge in [0.15, 0.2) is 0 Å². The summed E-state index contributed by atoms with van der Waals surface area (Å²) in [5, 5.41) is 0.256. The molecule has 0 bridgehead atoms. The lowest BCUT2D eigenvalue weighted by molar-refractivity contribution is 0.602. The van der Waals surface area contributed by atoms with Gasteiger partial charge in [0.2, 0.25) is 0 Å². The monoisotopic (exact) mass is 256 g/mol. The van der Waals surface area contributed by atoms with E-state index < -0.39 is 5.56 Å². The van der Waals surface area contributed by atoms with E-state index in [1.165, 1.54) is 12.4 Å². The van der Waals surface area contributed by atoms with Crippen LogP contribution in [0.4, 0.5) is 4.39 Å². The molecule has 2 rings (SSSR count). The highest BCUT2D eigenvalue weighted by atomic mass is 35.5. The maximum atomic E-state index is 13.3. The molecule has 0 amide bonds. The van der Waals surface area contributed by atoms with Crippen LogP contribution in [-0.4, -0.2) is 9.97 Å². The van der Waals surface area contributed by atoms with E-state index in [1.54, 1.807) is 18.2 Å². The Morgan fingerprint density at radius 2 is 2.12 bits per heavy atom. The molecule has 1 N–H and O–H groups in total. The van der Waals surface area contributed by atoms with Gasteiger partial charge in [-0.2, -0.15) is 0 Å². The molecule has 1 aromatic heterocycles. The molecule has 0 aliphatic rings. The van der Waals surface area contributed by atoms with Crippen LogP contribution in [-0.2, 0) is 0 Å². The normalized spacial score (nSPS) is 10.4. The molecule has 0 saturated carbocycles. The van der Waals surface area contributed by atoms with E-state index in [4.69, 9.17) is 11.6 Å². The first-order valence-corrected chi connectivity index (χ1v) is 5.53. The summed E-state index contributed by atoms with van der Waals surface area (Å²) in [5.74, 6) is -0.370. The molecule has 1 heterocycles. The summed E-state index contributed by atoms with van der Waals surface area (Å²) in [6.07, 6.45) is 1.23. The highest BCUT2D eigenvalue weighted by molar-refractivity contribution is 7.99. The average Bonchev–Trinajstić information content (AvgIpc) is 2.28. The van der Waals surface area contributed by atoms with Gasteiger partial charge in [-0.1, -0.05) is 35.5 Å². The summed E-state index contributed by atoms with van der Waals surface area (Å²) < 4.78 is 13.3. The van der Waals surface area contributed by atoms with Crippen LogP contribution in [0, 0.1) is 5.82 Å². The lowest BCUT2D eigenvalue weighted by Gasteiger charge is -2.02. The molecule has 0 unspecified atom stereocenters. The first-order chi connectivity index (χ1) is 7.68. The molecule has 0 saturated heterocycles. The Kier molecular flexibility index (Phi) is 3.26. The van der Waals surface area contributed by atoms with Gasteiger partial charge in [-0.05, 0) is 12.1 Å². The predicted octanol–water partition coefficient (Wildman–Crippen LogP) is 2.71. The Hall–Kier alpha value is -1.33. The first-order valence-electron chi connectivity index (χ1n) is 4.34. The average molecular weight is 257 g/mol. The third-order valence-corrected chi connectivity index (χ3v) is 3.32. The summed E-state index contributed by atoms with van der Waals surface area (Å²) in [6, 6.07) is 6.22. The van der Waals surface area contributed by atoms with Gasteiger partial charge in [-0.15, -0.1) is 0 Å². The summed E-state index contributed by atoms with van der Waals surface area (Å²) in [7, 11) is 0. The van der Waals surface area contributed by atoms with E-state index >= 15 is 0 Å². The second-order valence-corrected chi connectivity index (χ2v) is 4.29. The van der Waals surface area contributed by atoms with Gasteiger partial charge in [-0.25, -0.2) is 9.37 Å². The van der Waals surface area contributed by atoms with Crippen LogP contribution >= 0.6 is 23.4 Å². The zero-order valence-corrected chi connectivity index (χ0v) is 9.48. The van der Waals surface area contributed by atoms with Crippen molar-refractivity contribution in [2.45, 2.75) is 9.92 Å². The zero-order valence-electron chi connectivity index (χ0n) is 7.91. The van der Waals surface area contributed by atoms with Crippen molar-refractivity contribution in [2.75, 3.05) is 0 Å². The van der Waals surface area contributed by atoms with Crippen LogP contribution in [0.3, 0.4) is 0 Å². The summed E-state index contributed by atoms with van der Waals surface area (Å²) >= 11 is 6.76. The van der Waals surface area contributed by atoms with Crippen molar-refractivity contribution in [1.82, 2.24) is 9.97 Å². The van der Waals surface area contributed by atoms with Gasteiger partial charge in [0, 0.05) is 4.90 Å². The molecule has 0 aliphatic carbocycles. The smallest absolute Gasteiger partial charge is 0.270 e. The zero-order chi connectivity index (χ0) is 11.5. The second-order valence-electron chi connectivity index (χ2n) is 2.88. The third-order valence-electron chi connectivity index (χ3n) is 1.81. The van der Waals surface area contributed by atoms with Gasteiger partial charge >= 0.3 is 0 Å². The molecule has 2 aromatic rings. The van der Waals surface area contributed by atoms with E-state index in [0.29, 0.717) is 4.90 Å². The molecular weight excluding hydrogens is 251 g/mol. The van der Waals surface area contributed by atoms with Crippen molar-refractivity contribution < 1.29 is 4.39 Å². The Bertz CT molecular complexity index is 573. The molecule has 3 nitrogen and oxygen atoms in total. The second kappa shape index (κ2) is 4.67. The molecule has 0 fully saturated rings. The molecule has 0 radical (unpaired) electrons. The van der Waals surface area contributed by atoms with Gasteiger partial charge < -0.3 is 4.98 Å². The number of rotatable bonds is 2. The summed E-state index contributed by atoms with van der Waals surface area (Å²) in [6.45, 7) is 0. The molecular formula is C10H6ClFN2OS. The number of H-pyrrole nitrogens is 1. The number of benzene rings is 1. The van der Waals surface area contributed by atoms with Crippen molar-refractivity contribution in [3.8, 4) is 0 Å². The molecule has 82 valence electrons. The SMILES string of the molecule is O=c1[nH]cnc(Sc2ccccc2F)c1Cl. The molecule has 0 spiro atoms. The Morgan fingerprint density at radius 3 is 2.88 bits per heavy atom. The van der Waals surface area contributed by atoms with Gasteiger partial charge in [0.1, 0.15) is 15.9 Å². The largest absolute Gasteiger partial charge is 0.312 e. The highest BCUT2D eigenvalue weighted by Crippen LogP contribution is 2.30. The van der Waals surface area contributed by atoms with Crippen molar-refractivity contribution >= 4 is 23.4 Å². The van der Waals surface area contributed by atoms with E-state index in [-0.39, 0.29) is 15.9 Å². The number of nitrogens with one attached hydrogen (secondary N) is 1. The maximum Gasteiger partial charge on any atom is 0.270 e. The van der Waals surface area contributed by atoms with E-state index in [2.05, 4.69) is 9.97 Å². The fraction of sp³-hybridized carbons (Fsp3) is 0. The minimum atomic E-state index is -0.435. The number of hydrogen-bond donors (Lipinski definition) is 1. The maximum absolute atomic E-state index is 13.3. The first kappa shape index (κ1) is 11.2. The number of aromatic amines is 1. The van der Waals surface area contributed by atoms with Gasteiger partial charge in [-0.3, -0.25) is 4.79 Å². The topological polar surface area (TPSA) is 45.8 Å². The minimum absolute atomic E-state index is 0.0317. The Labute approximate surface area is 99.7 Å². The van der Waals surface area contributed by atoms with Crippen molar-refractivity contribution in [3.05, 3.63) is 51.8 Å². The van der Waals surface area contributed by atoms with Crippen molar-refractivity contribution in [2.24, 2.45) is 0 Å². The molecule has 6 heteroatoms. The number of hydrogen-bond acceptors (Lipinski definition) is 3. The highest BCUT2D eigenvalue weighted by Gasteiger charge is 2.10. The minimum Gasteiger partial charge on any atom is -0.312 e. The van der Waals surface area contributed by atoms with Crippen molar-refractivity contribution in [1.29, 1.82) is 0 Å². The number of halogens is 2. The van der Waals surface area contributed by atoms with Crippen LogP contribution in [0.25, 0.3) is 0 Å². The summed E-state index contributed by atoms with van der Waals surface area (Å²) in [4.78, 5) is 17.8. The van der Waals surface area contributed by atoms with E-state index in [9.17, 15) is 9.18 Å². The fourth-order valence-electron chi connectivity index (χ4n) is 1.07. The predicted molar refractivity (Wildman–Crippen MR) is 60.4 cm³/mol. The van der Waals surface area contributed by atoms with Crippen molar-refractivity contribution in [3.63, 3.8) is 0 Å². The fourth-order valence-corrected chi connectivity index (χ4v) is 2.10. The van der Waals surface area contributed by atoms with Gasteiger partial charge in [0.05, 0.1) is 6.33 Å². The van der Waals surface area contributed by atoms with Crippen LogP contribution in [0.15, 0.2) is 45.3 Å². The Balaban J connectivity index is 2.38. The quantitative estimate of drug-likeness (QED) is 0.841. The number of aromatic nitrogens is 2. The molecule has 0 atom stereocenters. The Morgan fingerprint density at radius 1 is 1.38 bits per heavy atom. The molecule has 0 aliphatic heterocycles. The van der Waals surface area contributed by atoms with Gasteiger partial charge in [0.25, 0.3) is 5.56 Å². The molecule has 1 aromatic carbocycles. The lowest BCUT2D eigenvalue weighted by Crippen LogP contribution is -2.07. The van der Waals surface area contributed by atoms with E-state index in [1.807, 2.05) is 0 Å². The number of nitrogens with zero attached hydrogens (tertiary/aromatic N) is 1. The lowest BCUT2D eigenvalue weighted by atomic mass is 10.3. The standard InChI is InChI=1S/C10H6ClFN2OS/c11-8-9(15)13-5-14-10(8)16-7-4-2-1-3-6(7)12/h1-5H,(H,13,14,15). The van der Waals surface area contributed by atoms with Crippen LogP contribution < -0.4 is 5.56 Å². The van der Waals surface area contributed by atoms with Crippen LogP contribution in [0.5, 0.6) is 0 Å². The molecule has 16 heavy (non-hydrogen) atoms.